The molecule has 2 heterocycles. The van der Waals surface area contributed by atoms with Gasteiger partial charge in [0.05, 0.1) is 11.6 Å². The van der Waals surface area contributed by atoms with E-state index in [9.17, 15) is 0 Å². The molecule has 0 spiro atoms. The molecule has 1 saturated heterocycles. The summed E-state index contributed by atoms with van der Waals surface area (Å²) in [7, 11) is 0. The average Bonchev–Trinajstić information content (AvgIpc) is 2.71. The second-order valence-electron chi connectivity index (χ2n) is 4.17. The van der Waals surface area contributed by atoms with Gasteiger partial charge in [-0.15, -0.1) is 10.2 Å². The summed E-state index contributed by atoms with van der Waals surface area (Å²) in [5, 5.41) is 14.6. The molecule has 2 N–H and O–H groups in total. The second kappa shape index (κ2) is 4.18. The smallest absolute Gasteiger partial charge is 0.249 e. The monoisotopic (exact) mass is 230 g/mol. The summed E-state index contributed by atoms with van der Waals surface area (Å²) < 4.78 is 5.47. The van der Waals surface area contributed by atoms with Gasteiger partial charge in [-0.2, -0.15) is 0 Å². The highest BCUT2D eigenvalue weighted by Crippen LogP contribution is 2.27. The minimum absolute atomic E-state index is 0.486. The first kappa shape index (κ1) is 10.3. The number of aromatic nitrogens is 2. The molecule has 0 bridgehead atoms. The highest BCUT2D eigenvalue weighted by molar-refractivity contribution is 5.72. The van der Waals surface area contributed by atoms with Crippen LogP contribution in [-0.2, 0) is 0 Å². The summed E-state index contributed by atoms with van der Waals surface area (Å²) in [5.41, 5.74) is 2.00. The standard InChI is InChI=1S/C12H14N4O/c1-8-15-16-12(17-8)10-4-2-3-5-11(10)14-9-6-13-7-9/h2-5,9,13-14H,6-7H2,1H3. The van der Waals surface area contributed by atoms with Gasteiger partial charge in [-0.3, -0.25) is 0 Å². The number of hydrogen-bond donors (Lipinski definition) is 2. The maximum Gasteiger partial charge on any atom is 0.249 e. The van der Waals surface area contributed by atoms with Crippen LogP contribution in [0.1, 0.15) is 5.89 Å². The van der Waals surface area contributed by atoms with Crippen LogP contribution < -0.4 is 10.6 Å². The van der Waals surface area contributed by atoms with Crippen LogP contribution in [0.3, 0.4) is 0 Å². The molecule has 5 nitrogen and oxygen atoms in total. The molecular weight excluding hydrogens is 216 g/mol. The zero-order chi connectivity index (χ0) is 11.7. The van der Waals surface area contributed by atoms with Gasteiger partial charge in [0.25, 0.3) is 0 Å². The SMILES string of the molecule is Cc1nnc(-c2ccccc2NC2CNC2)o1. The van der Waals surface area contributed by atoms with Crippen LogP contribution in [-0.4, -0.2) is 29.3 Å². The fourth-order valence-corrected chi connectivity index (χ4v) is 1.81. The normalized spacial score (nSPS) is 15.6. The highest BCUT2D eigenvalue weighted by atomic mass is 16.4. The van der Waals surface area contributed by atoms with E-state index in [0.29, 0.717) is 17.8 Å². The van der Waals surface area contributed by atoms with E-state index in [1.807, 2.05) is 24.3 Å². The first-order valence-corrected chi connectivity index (χ1v) is 5.70. The zero-order valence-corrected chi connectivity index (χ0v) is 9.60. The van der Waals surface area contributed by atoms with Crippen LogP contribution in [0.15, 0.2) is 28.7 Å². The molecular formula is C12H14N4O. The van der Waals surface area contributed by atoms with Gasteiger partial charge in [0.1, 0.15) is 0 Å². The molecule has 0 amide bonds. The molecule has 17 heavy (non-hydrogen) atoms. The van der Waals surface area contributed by atoms with Crippen molar-refractivity contribution >= 4 is 5.69 Å². The number of para-hydroxylation sites is 1. The Morgan fingerprint density at radius 3 is 2.76 bits per heavy atom. The van der Waals surface area contributed by atoms with Crippen molar-refractivity contribution < 1.29 is 4.42 Å². The molecule has 0 atom stereocenters. The van der Waals surface area contributed by atoms with Gasteiger partial charge in [0.2, 0.25) is 11.8 Å². The lowest BCUT2D eigenvalue weighted by Crippen LogP contribution is -2.51. The number of nitrogens with one attached hydrogen (secondary N) is 2. The molecule has 1 fully saturated rings. The Morgan fingerprint density at radius 2 is 2.12 bits per heavy atom. The fourth-order valence-electron chi connectivity index (χ4n) is 1.81. The van der Waals surface area contributed by atoms with Gasteiger partial charge < -0.3 is 15.1 Å². The van der Waals surface area contributed by atoms with Crippen molar-refractivity contribution in [1.29, 1.82) is 0 Å². The van der Waals surface area contributed by atoms with E-state index < -0.39 is 0 Å². The lowest BCUT2D eigenvalue weighted by atomic mass is 10.1. The van der Waals surface area contributed by atoms with Crippen molar-refractivity contribution in [3.63, 3.8) is 0 Å². The van der Waals surface area contributed by atoms with E-state index in [1.54, 1.807) is 6.92 Å². The molecule has 88 valence electrons. The summed E-state index contributed by atoms with van der Waals surface area (Å²) in [6.45, 7) is 3.79. The molecule has 0 saturated carbocycles. The van der Waals surface area contributed by atoms with Gasteiger partial charge in [0, 0.05) is 25.7 Å². The Morgan fingerprint density at radius 1 is 1.29 bits per heavy atom. The van der Waals surface area contributed by atoms with E-state index >= 15 is 0 Å². The van der Waals surface area contributed by atoms with Crippen molar-refractivity contribution in [3.05, 3.63) is 30.2 Å². The molecule has 1 aromatic carbocycles. The molecule has 1 aliphatic heterocycles. The molecule has 1 aromatic heterocycles. The lowest BCUT2D eigenvalue weighted by molar-refractivity contribution is 0.472. The van der Waals surface area contributed by atoms with Crippen LogP contribution in [0.25, 0.3) is 11.5 Å². The summed E-state index contributed by atoms with van der Waals surface area (Å²) in [5.74, 6) is 1.15. The van der Waals surface area contributed by atoms with Gasteiger partial charge in [-0.25, -0.2) is 0 Å². The summed E-state index contributed by atoms with van der Waals surface area (Å²) in [6.07, 6.45) is 0. The van der Waals surface area contributed by atoms with E-state index in [2.05, 4.69) is 20.8 Å². The highest BCUT2D eigenvalue weighted by Gasteiger charge is 2.18. The molecule has 1 aliphatic rings. The van der Waals surface area contributed by atoms with Crippen LogP contribution in [0.2, 0.25) is 0 Å². The van der Waals surface area contributed by atoms with Crippen LogP contribution in [0, 0.1) is 6.92 Å². The zero-order valence-electron chi connectivity index (χ0n) is 9.60. The molecule has 0 aliphatic carbocycles. The minimum Gasteiger partial charge on any atom is -0.421 e. The van der Waals surface area contributed by atoms with E-state index in [-0.39, 0.29) is 0 Å². The molecule has 0 unspecified atom stereocenters. The van der Waals surface area contributed by atoms with Crippen molar-refractivity contribution in [2.75, 3.05) is 18.4 Å². The molecule has 0 radical (unpaired) electrons. The number of anilines is 1. The number of aryl methyl sites for hydroxylation is 1. The maximum absolute atomic E-state index is 5.47. The third-order valence-corrected chi connectivity index (χ3v) is 2.82. The van der Waals surface area contributed by atoms with Crippen LogP contribution in [0.4, 0.5) is 5.69 Å². The van der Waals surface area contributed by atoms with E-state index in [4.69, 9.17) is 4.42 Å². The summed E-state index contributed by atoms with van der Waals surface area (Å²) in [6, 6.07) is 8.48. The first-order valence-electron chi connectivity index (χ1n) is 5.70. The largest absolute Gasteiger partial charge is 0.421 e. The Hall–Kier alpha value is -1.88. The Bertz CT molecular complexity index is 519. The second-order valence-corrected chi connectivity index (χ2v) is 4.17. The van der Waals surface area contributed by atoms with E-state index in [0.717, 1.165) is 24.3 Å². The molecule has 3 rings (SSSR count). The quantitative estimate of drug-likeness (QED) is 0.835. The first-order chi connectivity index (χ1) is 8.33. The van der Waals surface area contributed by atoms with Crippen molar-refractivity contribution in [2.24, 2.45) is 0 Å². The molecule has 5 heteroatoms. The maximum atomic E-state index is 5.47. The number of hydrogen-bond acceptors (Lipinski definition) is 5. The number of rotatable bonds is 3. The van der Waals surface area contributed by atoms with E-state index in [1.165, 1.54) is 0 Å². The predicted molar refractivity (Wildman–Crippen MR) is 64.8 cm³/mol. The Kier molecular flexibility index (Phi) is 2.53. The average molecular weight is 230 g/mol. The Labute approximate surface area is 99.2 Å². The van der Waals surface area contributed by atoms with Gasteiger partial charge in [-0.1, -0.05) is 12.1 Å². The number of benzene rings is 1. The van der Waals surface area contributed by atoms with Gasteiger partial charge >= 0.3 is 0 Å². The van der Waals surface area contributed by atoms with Crippen molar-refractivity contribution in [3.8, 4) is 11.5 Å². The van der Waals surface area contributed by atoms with Crippen LogP contribution in [0.5, 0.6) is 0 Å². The fraction of sp³-hybridized carbons (Fsp3) is 0.333. The minimum atomic E-state index is 0.486. The third kappa shape index (κ3) is 2.01. The topological polar surface area (TPSA) is 63.0 Å². The predicted octanol–water partition coefficient (Wildman–Crippen LogP) is 1.43. The van der Waals surface area contributed by atoms with Crippen molar-refractivity contribution in [1.82, 2.24) is 15.5 Å². The summed E-state index contributed by atoms with van der Waals surface area (Å²) >= 11 is 0. The van der Waals surface area contributed by atoms with Gasteiger partial charge in [0.15, 0.2) is 0 Å². The van der Waals surface area contributed by atoms with Crippen molar-refractivity contribution in [2.45, 2.75) is 13.0 Å². The lowest BCUT2D eigenvalue weighted by Gasteiger charge is -2.29. The molecule has 2 aromatic rings. The third-order valence-electron chi connectivity index (χ3n) is 2.82. The number of nitrogens with zero attached hydrogens (tertiary/aromatic N) is 2. The van der Waals surface area contributed by atoms with Crippen LogP contribution >= 0.6 is 0 Å². The Balaban J connectivity index is 1.92. The summed E-state index contributed by atoms with van der Waals surface area (Å²) in [4.78, 5) is 0. The van der Waals surface area contributed by atoms with Gasteiger partial charge in [-0.05, 0) is 12.1 Å².